The van der Waals surface area contributed by atoms with Crippen LogP contribution >= 0.6 is 0 Å². The minimum Gasteiger partial charge on any atom is -0.396 e. The van der Waals surface area contributed by atoms with Gasteiger partial charge in [-0.2, -0.15) is 0 Å². The molecule has 0 spiro atoms. The molecule has 1 aromatic rings. The molecule has 2 saturated heterocycles. The molecule has 0 radical (unpaired) electrons. The Labute approximate surface area is 161 Å². The average Bonchev–Trinajstić information content (AvgIpc) is 3.12. The Morgan fingerprint density at radius 1 is 1.19 bits per heavy atom. The van der Waals surface area contributed by atoms with Gasteiger partial charge >= 0.3 is 0 Å². The van der Waals surface area contributed by atoms with Gasteiger partial charge in [0.2, 0.25) is 5.91 Å². The molecular formula is C21H31N3O3. The van der Waals surface area contributed by atoms with Gasteiger partial charge in [-0.15, -0.1) is 0 Å². The predicted molar refractivity (Wildman–Crippen MR) is 105 cm³/mol. The monoisotopic (exact) mass is 373 g/mol. The van der Waals surface area contributed by atoms with Crippen molar-refractivity contribution in [2.45, 2.75) is 31.9 Å². The highest BCUT2D eigenvalue weighted by Gasteiger charge is 2.42. The first-order chi connectivity index (χ1) is 13.1. The third kappa shape index (κ3) is 4.13. The van der Waals surface area contributed by atoms with Crippen molar-refractivity contribution in [3.05, 3.63) is 29.8 Å². The van der Waals surface area contributed by atoms with E-state index < -0.39 is 0 Å². The number of amides is 1. The fourth-order valence-electron chi connectivity index (χ4n) is 4.78. The van der Waals surface area contributed by atoms with Crippen LogP contribution in [0.5, 0.6) is 0 Å². The van der Waals surface area contributed by atoms with Crippen molar-refractivity contribution >= 4 is 11.6 Å². The van der Waals surface area contributed by atoms with Crippen molar-refractivity contribution in [1.82, 2.24) is 9.80 Å². The highest BCUT2D eigenvalue weighted by Crippen LogP contribution is 2.34. The first-order valence-electron chi connectivity index (χ1n) is 10.2. The molecule has 1 aromatic carbocycles. The van der Waals surface area contributed by atoms with Crippen LogP contribution in [-0.2, 0) is 9.53 Å². The maximum absolute atomic E-state index is 13.0. The fraction of sp³-hybridized carbons (Fsp3) is 0.667. The highest BCUT2D eigenvalue weighted by atomic mass is 16.5. The number of benzene rings is 1. The zero-order chi connectivity index (χ0) is 18.8. The van der Waals surface area contributed by atoms with Crippen molar-refractivity contribution < 1.29 is 14.6 Å². The Hall–Kier alpha value is -1.63. The topological polar surface area (TPSA) is 56.2 Å². The van der Waals surface area contributed by atoms with Gasteiger partial charge in [-0.05, 0) is 43.4 Å². The van der Waals surface area contributed by atoms with E-state index in [1.54, 1.807) is 0 Å². The molecular weight excluding hydrogens is 342 g/mol. The van der Waals surface area contributed by atoms with Gasteiger partial charge in [0.1, 0.15) is 0 Å². The molecule has 1 saturated carbocycles. The number of ether oxygens (including phenoxy) is 1. The smallest absolute Gasteiger partial charge is 0.237 e. The van der Waals surface area contributed by atoms with Crippen molar-refractivity contribution in [3.63, 3.8) is 0 Å². The molecule has 1 N–H and O–H groups in total. The van der Waals surface area contributed by atoms with E-state index in [1.807, 2.05) is 4.90 Å². The maximum Gasteiger partial charge on any atom is 0.237 e. The van der Waals surface area contributed by atoms with Gasteiger partial charge in [0.15, 0.2) is 0 Å². The number of anilines is 1. The van der Waals surface area contributed by atoms with E-state index in [1.165, 1.54) is 11.3 Å². The molecule has 0 aromatic heterocycles. The summed E-state index contributed by atoms with van der Waals surface area (Å²) >= 11 is 0. The van der Waals surface area contributed by atoms with E-state index in [-0.39, 0.29) is 30.6 Å². The highest BCUT2D eigenvalue weighted by molar-refractivity contribution is 5.79. The van der Waals surface area contributed by atoms with Crippen LogP contribution in [-0.4, -0.2) is 85.4 Å². The van der Waals surface area contributed by atoms with Crippen LogP contribution in [0.25, 0.3) is 0 Å². The number of piperazine rings is 1. The number of aryl methyl sites for hydroxylation is 1. The summed E-state index contributed by atoms with van der Waals surface area (Å²) in [6.07, 6.45) is 1.85. The summed E-state index contributed by atoms with van der Waals surface area (Å²) in [5.74, 6) is 0.488. The molecule has 4 rings (SSSR count). The Kier molecular flexibility index (Phi) is 5.66. The lowest BCUT2D eigenvalue weighted by Gasteiger charge is -2.40. The van der Waals surface area contributed by atoms with Crippen molar-refractivity contribution in [2.24, 2.45) is 5.92 Å². The number of rotatable bonds is 4. The van der Waals surface area contributed by atoms with Crippen LogP contribution < -0.4 is 4.90 Å². The predicted octanol–water partition coefficient (Wildman–Crippen LogP) is 1.12. The van der Waals surface area contributed by atoms with Crippen LogP contribution in [0, 0.1) is 12.8 Å². The minimum absolute atomic E-state index is 0.109. The lowest BCUT2D eigenvalue weighted by atomic mass is 10.1. The van der Waals surface area contributed by atoms with Gasteiger partial charge < -0.3 is 19.6 Å². The van der Waals surface area contributed by atoms with Crippen LogP contribution in [0.15, 0.2) is 24.3 Å². The Morgan fingerprint density at radius 3 is 2.74 bits per heavy atom. The van der Waals surface area contributed by atoms with Gasteiger partial charge in [0, 0.05) is 45.0 Å². The summed E-state index contributed by atoms with van der Waals surface area (Å²) in [7, 11) is 0. The molecule has 148 valence electrons. The number of fused-ring (bicyclic) bond motifs is 1. The molecule has 0 bridgehead atoms. The van der Waals surface area contributed by atoms with Crippen LogP contribution in [0.4, 0.5) is 5.69 Å². The van der Waals surface area contributed by atoms with Crippen molar-refractivity contribution in [2.75, 3.05) is 57.4 Å². The van der Waals surface area contributed by atoms with Crippen molar-refractivity contribution in [1.29, 1.82) is 0 Å². The Bertz CT molecular complexity index is 660. The van der Waals surface area contributed by atoms with Crippen LogP contribution in [0.1, 0.15) is 18.4 Å². The Balaban J connectivity index is 1.30. The van der Waals surface area contributed by atoms with E-state index >= 15 is 0 Å². The number of carbonyl (C=O) groups is 1. The second-order valence-electron chi connectivity index (χ2n) is 8.19. The lowest BCUT2D eigenvalue weighted by molar-refractivity contribution is -0.145. The first kappa shape index (κ1) is 18.7. The molecule has 3 fully saturated rings. The van der Waals surface area contributed by atoms with E-state index in [2.05, 4.69) is 41.0 Å². The summed E-state index contributed by atoms with van der Waals surface area (Å²) in [5.41, 5.74) is 2.56. The number of hydrogen-bond donors (Lipinski definition) is 1. The zero-order valence-corrected chi connectivity index (χ0v) is 16.2. The number of morpholine rings is 1. The molecule has 1 aliphatic carbocycles. The lowest BCUT2D eigenvalue weighted by Crippen LogP contribution is -2.55. The van der Waals surface area contributed by atoms with Crippen LogP contribution in [0.2, 0.25) is 0 Å². The number of aliphatic hydroxyl groups is 1. The third-order valence-corrected chi connectivity index (χ3v) is 6.31. The normalized spacial score (nSPS) is 29.0. The number of hydrogen-bond acceptors (Lipinski definition) is 5. The third-order valence-electron chi connectivity index (χ3n) is 6.31. The second kappa shape index (κ2) is 8.17. The SMILES string of the molecule is Cc1cccc(N2CCN(CC(=O)N3CCOC4C[C@H](CO)C[C@@H]43)CC2)c1. The molecule has 6 heteroatoms. The molecule has 3 atom stereocenters. The van der Waals surface area contributed by atoms with Gasteiger partial charge in [-0.1, -0.05) is 12.1 Å². The molecule has 27 heavy (non-hydrogen) atoms. The van der Waals surface area contributed by atoms with Crippen LogP contribution in [0.3, 0.4) is 0 Å². The average molecular weight is 373 g/mol. The summed E-state index contributed by atoms with van der Waals surface area (Å²) in [5, 5.41) is 9.46. The van der Waals surface area contributed by atoms with E-state index in [0.29, 0.717) is 19.7 Å². The summed E-state index contributed by atoms with van der Waals surface area (Å²) in [6.45, 7) is 7.85. The van der Waals surface area contributed by atoms with Gasteiger partial charge in [-0.3, -0.25) is 9.69 Å². The molecule has 6 nitrogen and oxygen atoms in total. The molecule has 1 unspecified atom stereocenters. The quantitative estimate of drug-likeness (QED) is 0.857. The van der Waals surface area contributed by atoms with Gasteiger partial charge in [0.25, 0.3) is 0 Å². The summed E-state index contributed by atoms with van der Waals surface area (Å²) < 4.78 is 5.85. The number of aliphatic hydroxyl groups excluding tert-OH is 1. The fourth-order valence-corrected chi connectivity index (χ4v) is 4.78. The summed E-state index contributed by atoms with van der Waals surface area (Å²) in [4.78, 5) is 19.7. The largest absolute Gasteiger partial charge is 0.396 e. The maximum atomic E-state index is 13.0. The van der Waals surface area contributed by atoms with E-state index in [4.69, 9.17) is 4.74 Å². The second-order valence-corrected chi connectivity index (χ2v) is 8.19. The molecule has 2 heterocycles. The van der Waals surface area contributed by atoms with E-state index in [9.17, 15) is 9.90 Å². The summed E-state index contributed by atoms with van der Waals surface area (Å²) in [6, 6.07) is 8.78. The number of nitrogens with zero attached hydrogens (tertiary/aromatic N) is 3. The van der Waals surface area contributed by atoms with Gasteiger partial charge in [0.05, 0.1) is 25.3 Å². The molecule has 2 aliphatic heterocycles. The Morgan fingerprint density at radius 2 is 2.00 bits per heavy atom. The zero-order valence-electron chi connectivity index (χ0n) is 16.2. The molecule has 1 amide bonds. The minimum atomic E-state index is 0.109. The van der Waals surface area contributed by atoms with Crippen molar-refractivity contribution in [3.8, 4) is 0 Å². The number of carbonyl (C=O) groups excluding carboxylic acids is 1. The van der Waals surface area contributed by atoms with E-state index in [0.717, 1.165) is 39.0 Å². The first-order valence-corrected chi connectivity index (χ1v) is 10.2. The van der Waals surface area contributed by atoms with Gasteiger partial charge in [-0.25, -0.2) is 0 Å². The molecule has 3 aliphatic rings. The standard InChI is InChI=1S/C21H31N3O3/c1-16-3-2-4-18(11-16)23-7-5-22(6-8-23)14-21(26)24-9-10-27-20-13-17(15-25)12-19(20)24/h2-4,11,17,19-20,25H,5-10,12-15H2,1H3/t17-,19+,20?/m1/s1.